The topological polar surface area (TPSA) is 17.1 Å². The first-order chi connectivity index (χ1) is 17.8. The van der Waals surface area contributed by atoms with Crippen LogP contribution in [0.4, 0.5) is 0 Å². The molecule has 0 aromatic heterocycles. The quantitative estimate of drug-likeness (QED) is 0.246. The van der Waals surface area contributed by atoms with Crippen molar-refractivity contribution in [2.24, 2.45) is 0 Å². The van der Waals surface area contributed by atoms with Crippen LogP contribution >= 0.6 is 7.14 Å². The maximum Gasteiger partial charge on any atom is 0.172 e. The fraction of sp³-hybridized carbons (Fsp3) is 0. The second-order valence-corrected chi connectivity index (χ2v) is 11.9. The summed E-state index contributed by atoms with van der Waals surface area (Å²) in [6.07, 6.45) is 2.25. The van der Waals surface area contributed by atoms with E-state index in [1.165, 1.54) is 27.8 Å². The third-order valence-electron chi connectivity index (χ3n) is 7.28. The van der Waals surface area contributed by atoms with Crippen molar-refractivity contribution in [3.05, 3.63) is 161 Å². The Hall–Kier alpha value is -4.19. The van der Waals surface area contributed by atoms with Gasteiger partial charge in [0.15, 0.2) is 7.14 Å². The second-order valence-electron chi connectivity index (χ2n) is 9.24. The first-order valence-corrected chi connectivity index (χ1v) is 13.9. The number of benzene rings is 5. The van der Waals surface area contributed by atoms with Crippen molar-refractivity contribution in [1.29, 1.82) is 0 Å². The van der Waals surface area contributed by atoms with Gasteiger partial charge in [-0.25, -0.2) is 0 Å². The van der Waals surface area contributed by atoms with Gasteiger partial charge in [-0.05, 0) is 50.6 Å². The van der Waals surface area contributed by atoms with E-state index >= 15 is 4.57 Å². The Morgan fingerprint density at radius 3 is 1.75 bits per heavy atom. The van der Waals surface area contributed by atoms with Crippen LogP contribution in [0, 0.1) is 0 Å². The molecule has 2 heteroatoms. The van der Waals surface area contributed by atoms with Crippen molar-refractivity contribution in [3.63, 3.8) is 0 Å². The fourth-order valence-electron chi connectivity index (χ4n) is 5.73. The zero-order valence-electron chi connectivity index (χ0n) is 19.6. The van der Waals surface area contributed by atoms with Crippen molar-refractivity contribution in [3.8, 4) is 0 Å². The highest BCUT2D eigenvalue weighted by Crippen LogP contribution is 2.54. The molecule has 0 bridgehead atoms. The molecule has 2 aliphatic rings. The van der Waals surface area contributed by atoms with Crippen molar-refractivity contribution in [2.75, 3.05) is 0 Å². The summed E-state index contributed by atoms with van der Waals surface area (Å²) < 4.78 is 15.5. The Bertz CT molecular complexity index is 1740. The predicted octanol–water partition coefficient (Wildman–Crippen LogP) is 7.15. The average molecular weight is 479 g/mol. The Morgan fingerprint density at radius 1 is 0.444 bits per heavy atom. The second kappa shape index (κ2) is 8.19. The minimum Gasteiger partial charge on any atom is -0.309 e. The summed E-state index contributed by atoms with van der Waals surface area (Å²) in [5, 5.41) is 2.64. The lowest BCUT2D eigenvalue weighted by Crippen LogP contribution is -2.29. The van der Waals surface area contributed by atoms with Crippen LogP contribution in [-0.4, -0.2) is 0 Å². The van der Waals surface area contributed by atoms with Crippen LogP contribution in [0.15, 0.2) is 133 Å². The van der Waals surface area contributed by atoms with Crippen molar-refractivity contribution >= 4 is 45.9 Å². The maximum absolute atomic E-state index is 15.5. The maximum atomic E-state index is 15.5. The molecular formula is C34H23OP. The van der Waals surface area contributed by atoms with Crippen LogP contribution in [0.2, 0.25) is 0 Å². The molecule has 0 amide bonds. The molecule has 1 aliphatic heterocycles. The van der Waals surface area contributed by atoms with Gasteiger partial charge in [0.2, 0.25) is 0 Å². The molecule has 5 aromatic rings. The minimum absolute atomic E-state index is 0.860. The van der Waals surface area contributed by atoms with E-state index in [0.717, 1.165) is 32.6 Å². The number of rotatable bonds is 2. The summed E-state index contributed by atoms with van der Waals surface area (Å²) in [6.45, 7) is 0. The molecule has 0 N–H and O–H groups in total. The van der Waals surface area contributed by atoms with E-state index in [0.29, 0.717) is 0 Å². The Labute approximate surface area is 211 Å². The van der Waals surface area contributed by atoms with E-state index in [-0.39, 0.29) is 0 Å². The molecule has 0 fully saturated rings. The molecule has 7 rings (SSSR count). The van der Waals surface area contributed by atoms with Crippen LogP contribution in [0.5, 0.6) is 0 Å². The van der Waals surface area contributed by atoms with Crippen LogP contribution in [0.25, 0.3) is 22.8 Å². The SMILES string of the molecule is O=P1(c2ccccc2)c2ccccc2/C=C2\C(=C(c3ccccc3)c3ccccc32)c2ccccc21. The molecule has 1 atom stereocenters. The van der Waals surface area contributed by atoms with Crippen molar-refractivity contribution < 1.29 is 4.57 Å². The zero-order chi connectivity index (χ0) is 24.1. The van der Waals surface area contributed by atoms with E-state index < -0.39 is 7.14 Å². The molecule has 170 valence electrons. The van der Waals surface area contributed by atoms with Crippen LogP contribution in [0.1, 0.15) is 27.8 Å². The van der Waals surface area contributed by atoms with E-state index in [4.69, 9.17) is 0 Å². The summed E-state index contributed by atoms with van der Waals surface area (Å²) >= 11 is 0. The van der Waals surface area contributed by atoms with Gasteiger partial charge in [-0.3, -0.25) is 0 Å². The van der Waals surface area contributed by atoms with E-state index in [1.807, 2.05) is 54.6 Å². The summed E-state index contributed by atoms with van der Waals surface area (Å²) in [5.41, 5.74) is 9.19. The highest BCUT2D eigenvalue weighted by atomic mass is 31.2. The lowest BCUT2D eigenvalue weighted by atomic mass is 9.92. The van der Waals surface area contributed by atoms with Crippen LogP contribution < -0.4 is 15.9 Å². The van der Waals surface area contributed by atoms with Gasteiger partial charge in [0.05, 0.1) is 0 Å². The highest BCUT2D eigenvalue weighted by molar-refractivity contribution is 7.85. The van der Waals surface area contributed by atoms with Gasteiger partial charge in [0.25, 0.3) is 0 Å². The molecule has 1 aliphatic carbocycles. The standard InChI is InChI=1S/C34H23OP/c35-36(26-16-5-2-6-17-26)31-21-11-7-15-25(31)23-30-27-18-8-9-19-28(27)33(24-13-3-1-4-14-24)34(30)29-20-10-12-22-32(29)36/h1-23H/b30-23-. The third-order valence-corrected chi connectivity index (χ3v) is 10.5. The summed E-state index contributed by atoms with van der Waals surface area (Å²) in [4.78, 5) is 0. The average Bonchev–Trinajstić information content (AvgIpc) is 3.27. The molecule has 1 unspecified atom stereocenters. The smallest absolute Gasteiger partial charge is 0.172 e. The number of hydrogen-bond acceptors (Lipinski definition) is 1. The van der Waals surface area contributed by atoms with Gasteiger partial charge in [-0.2, -0.15) is 0 Å². The molecule has 0 saturated carbocycles. The molecule has 0 saturated heterocycles. The first-order valence-electron chi connectivity index (χ1n) is 12.2. The van der Waals surface area contributed by atoms with Crippen molar-refractivity contribution in [1.82, 2.24) is 0 Å². The minimum atomic E-state index is -3.16. The lowest BCUT2D eigenvalue weighted by Gasteiger charge is -2.27. The summed E-state index contributed by atoms with van der Waals surface area (Å²) in [7, 11) is -3.16. The highest BCUT2D eigenvalue weighted by Gasteiger charge is 2.39. The molecular weight excluding hydrogens is 455 g/mol. The lowest BCUT2D eigenvalue weighted by molar-refractivity contribution is 0.592. The van der Waals surface area contributed by atoms with E-state index in [1.54, 1.807) is 0 Å². The zero-order valence-corrected chi connectivity index (χ0v) is 20.5. The Balaban J connectivity index is 1.69. The molecule has 0 spiro atoms. The molecule has 36 heavy (non-hydrogen) atoms. The molecule has 1 heterocycles. The molecule has 1 nitrogen and oxygen atoms in total. The summed E-state index contributed by atoms with van der Waals surface area (Å²) in [6, 6.07) is 45.7. The van der Waals surface area contributed by atoms with Crippen LogP contribution in [0.3, 0.4) is 0 Å². The number of fused-ring (bicyclic) bond motifs is 6. The van der Waals surface area contributed by atoms with Gasteiger partial charge in [-0.15, -0.1) is 0 Å². The molecule has 5 aromatic carbocycles. The molecule has 0 radical (unpaired) electrons. The van der Waals surface area contributed by atoms with Gasteiger partial charge in [0.1, 0.15) is 0 Å². The van der Waals surface area contributed by atoms with Crippen molar-refractivity contribution in [2.45, 2.75) is 0 Å². The predicted molar refractivity (Wildman–Crippen MR) is 153 cm³/mol. The van der Waals surface area contributed by atoms with E-state index in [9.17, 15) is 0 Å². The van der Waals surface area contributed by atoms with Gasteiger partial charge in [0, 0.05) is 15.9 Å². The van der Waals surface area contributed by atoms with Gasteiger partial charge in [-0.1, -0.05) is 133 Å². The number of allylic oxidation sites excluding steroid dienone is 2. The first kappa shape index (κ1) is 21.1. The number of hydrogen-bond donors (Lipinski definition) is 0. The van der Waals surface area contributed by atoms with E-state index in [2.05, 4.69) is 84.9 Å². The van der Waals surface area contributed by atoms with Gasteiger partial charge >= 0.3 is 0 Å². The third kappa shape index (κ3) is 3.00. The monoisotopic (exact) mass is 478 g/mol. The van der Waals surface area contributed by atoms with Gasteiger partial charge < -0.3 is 4.57 Å². The Kier molecular flexibility index (Phi) is 4.81. The summed E-state index contributed by atoms with van der Waals surface area (Å²) in [5.74, 6) is 0. The Morgan fingerprint density at radius 2 is 1.00 bits per heavy atom. The normalized spacial score (nSPS) is 19.2. The van der Waals surface area contributed by atoms with Crippen LogP contribution in [-0.2, 0) is 4.57 Å². The largest absolute Gasteiger partial charge is 0.309 e. The fourth-order valence-corrected chi connectivity index (χ4v) is 8.76.